The van der Waals surface area contributed by atoms with Gasteiger partial charge in [-0.05, 0) is 79.7 Å². The van der Waals surface area contributed by atoms with E-state index >= 15 is 13.2 Å². The monoisotopic (exact) mass is 578 g/mol. The fourth-order valence-electron chi connectivity index (χ4n) is 4.88. The Morgan fingerprint density at radius 1 is 0.548 bits per heavy atom. The molecule has 0 radical (unpaired) electrons. The largest absolute Gasteiger partial charge is 0.449 e. The molecule has 2 heterocycles. The Hall–Kier alpha value is -4.93. The first-order chi connectivity index (χ1) is 20.0. The van der Waals surface area contributed by atoms with Gasteiger partial charge in [-0.25, -0.2) is 14.4 Å². The van der Waals surface area contributed by atoms with Crippen molar-refractivity contribution in [1.29, 1.82) is 0 Å². The third kappa shape index (κ3) is 3.55. The summed E-state index contributed by atoms with van der Waals surface area (Å²) < 4.78 is 97.8. The lowest BCUT2D eigenvalue weighted by molar-refractivity contribution is -0.492. The smallest absolute Gasteiger partial charge is 0.388 e. The molecule has 1 aliphatic rings. The molecule has 0 spiro atoms. The summed E-state index contributed by atoms with van der Waals surface area (Å²) in [6.07, 6.45) is 0. The minimum absolute atomic E-state index is 0.215. The first-order valence-electron chi connectivity index (χ1n) is 12.8. The van der Waals surface area contributed by atoms with Crippen molar-refractivity contribution in [3.05, 3.63) is 97.1 Å². The summed E-state index contributed by atoms with van der Waals surface area (Å²) in [5.41, 5.74) is -0.977. The van der Waals surface area contributed by atoms with Crippen molar-refractivity contribution >= 4 is 22.2 Å². The minimum atomic E-state index is -4.91. The Bertz CT molecular complexity index is 1730. The molecule has 11 heteroatoms. The normalized spacial score (nSPS) is 24.9. The Kier molecular flexibility index (Phi) is 5.44. The number of halogens is 5. The van der Waals surface area contributed by atoms with Gasteiger partial charge in [0.25, 0.3) is 5.67 Å². The Labute approximate surface area is 234 Å². The maximum atomic E-state index is 16.0. The summed E-state index contributed by atoms with van der Waals surface area (Å²) >= 11 is 0. The zero-order valence-corrected chi connectivity index (χ0v) is 21.7. The average molecular weight is 578 g/mol. The van der Waals surface area contributed by atoms with Crippen LogP contribution in [0.15, 0.2) is 106 Å². The molecule has 0 saturated heterocycles. The number of aromatic nitrogens is 2. The van der Waals surface area contributed by atoms with Crippen LogP contribution in [-0.4, -0.2) is 33.3 Å². The van der Waals surface area contributed by atoms with Crippen LogP contribution in [-0.2, 0) is 0 Å². The van der Waals surface area contributed by atoms with Gasteiger partial charge in [0.1, 0.15) is 22.5 Å². The molecule has 1 aliphatic carbocycles. The van der Waals surface area contributed by atoms with Crippen molar-refractivity contribution in [1.82, 2.24) is 9.97 Å². The number of nitrogens with zero attached hydrogens (tertiary/aromatic N) is 2. The van der Waals surface area contributed by atoms with Crippen LogP contribution in [0.5, 0.6) is 11.5 Å². The highest BCUT2D eigenvalue weighted by molar-refractivity contribution is 5.77. The topological polar surface area (TPSA) is 70.5 Å². The molecule has 0 bridgehead atoms. The van der Waals surface area contributed by atoms with E-state index < -0.39 is 34.8 Å². The van der Waals surface area contributed by atoms with Gasteiger partial charge in [0.15, 0.2) is 11.2 Å². The van der Waals surface area contributed by atoms with Gasteiger partial charge in [-0.2, -0.15) is 17.6 Å². The molecular formula is C31H19F5N2O4. The van der Waals surface area contributed by atoms with Crippen LogP contribution in [0.4, 0.5) is 22.0 Å². The van der Waals surface area contributed by atoms with Gasteiger partial charge in [0.05, 0.1) is 0 Å². The van der Waals surface area contributed by atoms with Crippen LogP contribution in [0.1, 0.15) is 6.92 Å². The van der Waals surface area contributed by atoms with Crippen molar-refractivity contribution < 1.29 is 40.3 Å². The van der Waals surface area contributed by atoms with E-state index in [0.717, 1.165) is 24.3 Å². The summed E-state index contributed by atoms with van der Waals surface area (Å²) in [4.78, 5) is 8.65. The SMILES string of the molecule is CC1(F)C(F)(F)C(F)(Oc2ccc(-c3nc4ccccc4o3)cc2)C1(F)Oc1ccc(-c2nc3ccccc3o2)cc1. The first-order valence-corrected chi connectivity index (χ1v) is 12.8. The van der Waals surface area contributed by atoms with Gasteiger partial charge in [0.2, 0.25) is 11.8 Å². The van der Waals surface area contributed by atoms with E-state index in [0.29, 0.717) is 33.3 Å². The van der Waals surface area contributed by atoms with Crippen LogP contribution < -0.4 is 9.47 Å². The molecule has 1 fully saturated rings. The molecule has 0 amide bonds. The number of oxazole rings is 2. The molecular weight excluding hydrogens is 559 g/mol. The zero-order valence-electron chi connectivity index (χ0n) is 21.7. The maximum absolute atomic E-state index is 16.0. The van der Waals surface area contributed by atoms with Crippen LogP contribution in [0, 0.1) is 0 Å². The molecule has 212 valence electrons. The first kappa shape index (κ1) is 26.0. The quantitative estimate of drug-likeness (QED) is 0.185. The lowest BCUT2D eigenvalue weighted by atomic mass is 9.68. The van der Waals surface area contributed by atoms with E-state index in [1.807, 2.05) is 0 Å². The number of benzene rings is 4. The second-order valence-corrected chi connectivity index (χ2v) is 9.99. The Morgan fingerprint density at radius 3 is 1.38 bits per heavy atom. The maximum Gasteiger partial charge on any atom is 0.388 e. The molecule has 1 saturated carbocycles. The van der Waals surface area contributed by atoms with Gasteiger partial charge >= 0.3 is 17.6 Å². The molecule has 6 nitrogen and oxygen atoms in total. The third-order valence-corrected chi connectivity index (χ3v) is 7.32. The molecule has 42 heavy (non-hydrogen) atoms. The van der Waals surface area contributed by atoms with Crippen LogP contribution in [0.25, 0.3) is 45.1 Å². The van der Waals surface area contributed by atoms with Crippen LogP contribution in [0.3, 0.4) is 0 Å². The Morgan fingerprint density at radius 2 is 0.952 bits per heavy atom. The number of fused-ring (bicyclic) bond motifs is 2. The number of rotatable bonds is 6. The molecule has 4 aromatic carbocycles. The van der Waals surface area contributed by atoms with Gasteiger partial charge in [-0.15, -0.1) is 0 Å². The highest BCUT2D eigenvalue weighted by atomic mass is 19.3. The van der Waals surface area contributed by atoms with Gasteiger partial charge in [-0.1, -0.05) is 24.3 Å². The van der Waals surface area contributed by atoms with Crippen molar-refractivity contribution in [2.75, 3.05) is 0 Å². The summed E-state index contributed by atoms with van der Waals surface area (Å²) in [5, 5.41) is 0. The summed E-state index contributed by atoms with van der Waals surface area (Å²) in [5.74, 6) is -14.1. The molecule has 0 aliphatic heterocycles. The molecule has 3 unspecified atom stereocenters. The molecule has 6 aromatic rings. The van der Waals surface area contributed by atoms with Crippen molar-refractivity contribution in [3.8, 4) is 34.4 Å². The highest BCUT2D eigenvalue weighted by Crippen LogP contribution is 2.67. The zero-order chi connectivity index (χ0) is 29.3. The third-order valence-electron chi connectivity index (χ3n) is 7.32. The standard InChI is InChI=1S/C31H19F5N2O4/c1-28(32)29(33,34)31(36,42-21-16-12-19(13-17-21)27-38-23-7-3-5-9-25(23)40-27)30(28,35)41-20-14-10-18(11-15-20)26-37-22-6-2-4-8-24(22)39-26/h2-17H,1H3. The summed E-state index contributed by atoms with van der Waals surface area (Å²) in [6, 6.07) is 24.1. The number of hydrogen-bond donors (Lipinski definition) is 0. The molecule has 3 atom stereocenters. The average Bonchev–Trinajstić information content (AvgIpc) is 3.62. The number of ether oxygens (including phenoxy) is 2. The second kappa shape index (κ2) is 8.78. The lowest BCUT2D eigenvalue weighted by Crippen LogP contribution is -2.90. The summed E-state index contributed by atoms with van der Waals surface area (Å²) in [7, 11) is 0. The predicted molar refractivity (Wildman–Crippen MR) is 142 cm³/mol. The van der Waals surface area contributed by atoms with Gasteiger partial charge in [-0.3, -0.25) is 0 Å². The van der Waals surface area contributed by atoms with E-state index in [1.54, 1.807) is 48.5 Å². The van der Waals surface area contributed by atoms with E-state index in [2.05, 4.69) is 9.97 Å². The Balaban J connectivity index is 1.15. The van der Waals surface area contributed by atoms with Crippen LogP contribution >= 0.6 is 0 Å². The fraction of sp³-hybridized carbons (Fsp3) is 0.161. The van der Waals surface area contributed by atoms with Crippen LogP contribution in [0.2, 0.25) is 0 Å². The number of hydrogen-bond acceptors (Lipinski definition) is 6. The van der Waals surface area contributed by atoms with Gasteiger partial charge < -0.3 is 18.3 Å². The second-order valence-electron chi connectivity index (χ2n) is 9.99. The number of alkyl halides is 5. The predicted octanol–water partition coefficient (Wildman–Crippen LogP) is 8.47. The highest BCUT2D eigenvalue weighted by Gasteiger charge is 2.99. The van der Waals surface area contributed by atoms with E-state index in [1.165, 1.54) is 24.3 Å². The number of para-hydroxylation sites is 4. The van der Waals surface area contributed by atoms with Gasteiger partial charge in [0, 0.05) is 11.1 Å². The molecule has 0 N–H and O–H groups in total. The van der Waals surface area contributed by atoms with E-state index in [9.17, 15) is 8.78 Å². The lowest BCUT2D eigenvalue weighted by Gasteiger charge is -2.58. The van der Waals surface area contributed by atoms with Crippen molar-refractivity contribution in [3.63, 3.8) is 0 Å². The molecule has 2 aromatic heterocycles. The fourth-order valence-corrected chi connectivity index (χ4v) is 4.88. The van der Waals surface area contributed by atoms with Crippen molar-refractivity contribution in [2.24, 2.45) is 0 Å². The van der Waals surface area contributed by atoms with Crippen molar-refractivity contribution in [2.45, 2.75) is 30.2 Å². The summed E-state index contributed by atoms with van der Waals surface area (Å²) in [6.45, 7) is 0.219. The minimum Gasteiger partial charge on any atom is -0.449 e. The molecule has 7 rings (SSSR count). The van der Waals surface area contributed by atoms with E-state index in [4.69, 9.17) is 18.3 Å². The van der Waals surface area contributed by atoms with E-state index in [-0.39, 0.29) is 18.7 Å².